The first-order valence-corrected chi connectivity index (χ1v) is 6.77. The van der Waals surface area contributed by atoms with E-state index in [1.165, 1.54) is 6.33 Å². The van der Waals surface area contributed by atoms with Gasteiger partial charge in [-0.15, -0.1) is 0 Å². The molecular formula is C17H14N4O. The molecule has 1 heterocycles. The smallest absolute Gasteiger partial charge is 0.187 e. The summed E-state index contributed by atoms with van der Waals surface area (Å²) in [6, 6.07) is 15.3. The minimum absolute atomic E-state index is 0.0896. The van der Waals surface area contributed by atoms with Crippen LogP contribution < -0.4 is 4.74 Å². The Labute approximate surface area is 128 Å². The second kappa shape index (κ2) is 6.10. The topological polar surface area (TPSA) is 44.3 Å². The molecule has 0 aliphatic heterocycles. The predicted octanol–water partition coefficient (Wildman–Crippen LogP) is 3.48. The van der Waals surface area contributed by atoms with Crippen LogP contribution in [0.15, 0.2) is 61.2 Å². The molecule has 0 saturated heterocycles. The molecule has 1 aromatic heterocycles. The van der Waals surface area contributed by atoms with E-state index in [1.54, 1.807) is 18.1 Å². The van der Waals surface area contributed by atoms with Gasteiger partial charge in [-0.25, -0.2) is 14.5 Å². The highest BCUT2D eigenvalue weighted by molar-refractivity contribution is 5.47. The zero-order chi connectivity index (χ0) is 15.4. The Morgan fingerprint density at radius 2 is 1.68 bits per heavy atom. The number of hydrogen-bond donors (Lipinski definition) is 0. The third-order valence-corrected chi connectivity index (χ3v) is 3.47. The summed E-state index contributed by atoms with van der Waals surface area (Å²) in [6.07, 6.45) is 3.21. The van der Waals surface area contributed by atoms with E-state index >= 15 is 0 Å². The Bertz CT molecular complexity index is 771. The van der Waals surface area contributed by atoms with Crippen molar-refractivity contribution in [2.45, 2.75) is 6.04 Å². The Morgan fingerprint density at radius 1 is 1.05 bits per heavy atom. The zero-order valence-corrected chi connectivity index (χ0v) is 12.0. The molecule has 0 saturated carbocycles. The van der Waals surface area contributed by atoms with Crippen LogP contribution >= 0.6 is 0 Å². The maximum Gasteiger partial charge on any atom is 0.187 e. The van der Waals surface area contributed by atoms with Crippen molar-refractivity contribution in [2.75, 3.05) is 7.11 Å². The van der Waals surface area contributed by atoms with Crippen LogP contribution in [-0.4, -0.2) is 21.9 Å². The van der Waals surface area contributed by atoms with Gasteiger partial charge in [0.1, 0.15) is 24.4 Å². The van der Waals surface area contributed by atoms with Gasteiger partial charge in [0.05, 0.1) is 13.7 Å². The minimum Gasteiger partial charge on any atom is -0.497 e. The third kappa shape index (κ3) is 2.67. The lowest BCUT2D eigenvalue weighted by Gasteiger charge is -2.18. The van der Waals surface area contributed by atoms with Crippen molar-refractivity contribution in [2.24, 2.45) is 0 Å². The monoisotopic (exact) mass is 289 g/mol. The summed E-state index contributed by atoms with van der Waals surface area (Å²) in [4.78, 5) is 7.47. The molecule has 1 atom stereocenters. The van der Waals surface area contributed by atoms with Gasteiger partial charge in [-0.2, -0.15) is 5.10 Å². The summed E-state index contributed by atoms with van der Waals surface area (Å²) in [7, 11) is 1.65. The van der Waals surface area contributed by atoms with Crippen LogP contribution in [0.5, 0.6) is 5.75 Å². The van der Waals surface area contributed by atoms with Gasteiger partial charge in [0, 0.05) is 0 Å². The molecule has 0 aliphatic rings. The fourth-order valence-corrected chi connectivity index (χ4v) is 2.37. The molecule has 2 aromatic carbocycles. The van der Waals surface area contributed by atoms with Crippen LogP contribution in [-0.2, 0) is 0 Å². The summed E-state index contributed by atoms with van der Waals surface area (Å²) in [6.45, 7) is 7.05. The second-order valence-electron chi connectivity index (χ2n) is 4.75. The van der Waals surface area contributed by atoms with E-state index in [0.29, 0.717) is 5.69 Å². The van der Waals surface area contributed by atoms with Gasteiger partial charge in [-0.3, -0.25) is 0 Å². The molecule has 108 valence electrons. The fraction of sp³-hybridized carbons (Fsp3) is 0.118. The van der Waals surface area contributed by atoms with Crippen LogP contribution in [0.4, 0.5) is 5.69 Å². The number of hydrogen-bond acceptors (Lipinski definition) is 3. The normalized spacial score (nSPS) is 11.6. The van der Waals surface area contributed by atoms with Crippen LogP contribution in [0.25, 0.3) is 4.85 Å². The largest absolute Gasteiger partial charge is 0.497 e. The number of methoxy groups -OCH3 is 1. The van der Waals surface area contributed by atoms with Gasteiger partial charge in [-0.1, -0.05) is 36.4 Å². The molecule has 22 heavy (non-hydrogen) atoms. The van der Waals surface area contributed by atoms with Crippen LogP contribution in [0.1, 0.15) is 17.2 Å². The molecule has 5 heteroatoms. The van der Waals surface area contributed by atoms with Gasteiger partial charge < -0.3 is 4.74 Å². The van der Waals surface area contributed by atoms with Crippen molar-refractivity contribution in [1.82, 2.24) is 14.8 Å². The predicted molar refractivity (Wildman–Crippen MR) is 83.0 cm³/mol. The maximum absolute atomic E-state index is 7.05. The van der Waals surface area contributed by atoms with Crippen molar-refractivity contribution in [3.8, 4) is 5.75 Å². The lowest BCUT2D eigenvalue weighted by atomic mass is 9.98. The number of rotatable bonds is 4. The average molecular weight is 289 g/mol. The van der Waals surface area contributed by atoms with E-state index in [9.17, 15) is 0 Å². The van der Waals surface area contributed by atoms with E-state index < -0.39 is 0 Å². The summed E-state index contributed by atoms with van der Waals surface area (Å²) in [5, 5.41) is 4.27. The highest BCUT2D eigenvalue weighted by atomic mass is 16.5. The van der Waals surface area contributed by atoms with Gasteiger partial charge in [0.15, 0.2) is 5.69 Å². The van der Waals surface area contributed by atoms with Crippen molar-refractivity contribution in [3.05, 3.63) is 83.7 Å². The molecular weight excluding hydrogens is 275 g/mol. The van der Waals surface area contributed by atoms with Crippen LogP contribution in [0.2, 0.25) is 0 Å². The molecule has 0 N–H and O–H groups in total. The van der Waals surface area contributed by atoms with Crippen LogP contribution in [0.3, 0.4) is 0 Å². The Balaban J connectivity index is 2.05. The molecule has 0 radical (unpaired) electrons. The van der Waals surface area contributed by atoms with E-state index in [0.717, 1.165) is 16.9 Å². The van der Waals surface area contributed by atoms with Crippen molar-refractivity contribution in [3.63, 3.8) is 0 Å². The van der Waals surface area contributed by atoms with E-state index in [4.69, 9.17) is 11.3 Å². The third-order valence-electron chi connectivity index (χ3n) is 3.47. The molecule has 0 amide bonds. The number of nitrogens with zero attached hydrogens (tertiary/aromatic N) is 4. The average Bonchev–Trinajstić information content (AvgIpc) is 3.10. The Morgan fingerprint density at radius 3 is 2.18 bits per heavy atom. The quantitative estimate of drug-likeness (QED) is 0.691. The SMILES string of the molecule is COc1ccc(C(c2ccc([N+]#[11C-])cc2)n2cncn2)cc1. The molecule has 3 aromatic rings. The summed E-state index contributed by atoms with van der Waals surface area (Å²) >= 11 is 0. The fourth-order valence-electron chi connectivity index (χ4n) is 2.37. The maximum atomic E-state index is 7.05. The van der Waals surface area contributed by atoms with Crippen molar-refractivity contribution in [1.29, 1.82) is 0 Å². The molecule has 3 rings (SSSR count). The van der Waals surface area contributed by atoms with Crippen molar-refractivity contribution >= 4 is 5.69 Å². The van der Waals surface area contributed by atoms with E-state index in [1.807, 2.05) is 48.5 Å². The molecule has 5 nitrogen and oxygen atoms in total. The van der Waals surface area contributed by atoms with E-state index in [2.05, 4.69) is 14.9 Å². The minimum atomic E-state index is -0.0896. The highest BCUT2D eigenvalue weighted by Crippen LogP contribution is 2.28. The molecule has 0 aliphatic carbocycles. The first-order chi connectivity index (χ1) is 10.8. The standard InChI is InChI=1S/C17H14N4O/c1-18-15-7-3-13(4-8-15)17(21-12-19-11-20-21)14-5-9-16(22-2)10-6-14/h3-12,17H,2H3/i1-1. The summed E-state index contributed by atoms with van der Waals surface area (Å²) in [5.41, 5.74) is 2.74. The van der Waals surface area contributed by atoms with Gasteiger partial charge in [0.25, 0.3) is 0 Å². The lowest BCUT2D eigenvalue weighted by Crippen LogP contribution is -2.12. The number of ether oxygens (including phenoxy) is 1. The van der Waals surface area contributed by atoms with Crippen LogP contribution in [0, 0.1) is 6.57 Å². The number of aromatic nitrogens is 3. The molecule has 0 fully saturated rings. The zero-order valence-electron chi connectivity index (χ0n) is 12.0. The molecule has 0 spiro atoms. The highest BCUT2D eigenvalue weighted by Gasteiger charge is 2.17. The van der Waals surface area contributed by atoms with Gasteiger partial charge in [0.2, 0.25) is 0 Å². The van der Waals surface area contributed by atoms with Gasteiger partial charge in [-0.05, 0) is 23.3 Å². The van der Waals surface area contributed by atoms with Crippen molar-refractivity contribution < 1.29 is 4.74 Å². The molecule has 1 unspecified atom stereocenters. The number of benzene rings is 2. The lowest BCUT2D eigenvalue weighted by molar-refractivity contribution is 0.414. The first-order valence-electron chi connectivity index (χ1n) is 6.77. The molecule has 0 bridgehead atoms. The summed E-state index contributed by atoms with van der Waals surface area (Å²) in [5.74, 6) is 0.810. The first kappa shape index (κ1) is 13.8. The van der Waals surface area contributed by atoms with Gasteiger partial charge >= 0.3 is 0 Å². The Kier molecular flexibility index (Phi) is 3.84. The van der Waals surface area contributed by atoms with E-state index in [-0.39, 0.29) is 6.04 Å². The Hall–Kier alpha value is -3.13. The summed E-state index contributed by atoms with van der Waals surface area (Å²) < 4.78 is 7.01. The second-order valence-corrected chi connectivity index (χ2v) is 4.75.